The third-order valence-corrected chi connectivity index (χ3v) is 8.44. The summed E-state index contributed by atoms with van der Waals surface area (Å²) in [7, 11) is 1.55. The van der Waals surface area contributed by atoms with Crippen molar-refractivity contribution in [2.45, 2.75) is 30.0 Å². The number of aryl methyl sites for hydroxylation is 2. The van der Waals surface area contributed by atoms with Crippen LogP contribution in [-0.2, 0) is 15.3 Å². The number of ether oxygens (including phenoxy) is 1. The molecule has 9 heteroatoms. The summed E-state index contributed by atoms with van der Waals surface area (Å²) in [5, 5.41) is 20.3. The van der Waals surface area contributed by atoms with Crippen molar-refractivity contribution in [3.05, 3.63) is 106 Å². The first-order valence-corrected chi connectivity index (χ1v) is 13.7. The molecule has 1 aromatic heterocycles. The Hall–Kier alpha value is -3.95. The molecule has 1 fully saturated rings. The zero-order valence-electron chi connectivity index (χ0n) is 21.0. The lowest BCUT2D eigenvalue weighted by molar-refractivity contribution is -0.132. The highest BCUT2D eigenvalue weighted by Gasteiger charge is 2.48. The Morgan fingerprint density at radius 3 is 2.58 bits per heavy atom. The van der Waals surface area contributed by atoms with Gasteiger partial charge in [0.25, 0.3) is 5.78 Å². The highest BCUT2D eigenvalue weighted by molar-refractivity contribution is 8.00. The van der Waals surface area contributed by atoms with Crippen molar-refractivity contribution in [2.24, 2.45) is 0 Å². The van der Waals surface area contributed by atoms with E-state index in [1.807, 2.05) is 62.4 Å². The molecule has 5 rings (SSSR count). The second-order valence-corrected chi connectivity index (χ2v) is 11.1. The van der Waals surface area contributed by atoms with Gasteiger partial charge in [0.15, 0.2) is 4.34 Å². The van der Waals surface area contributed by atoms with Crippen LogP contribution >= 0.6 is 23.1 Å². The summed E-state index contributed by atoms with van der Waals surface area (Å²) in [4.78, 5) is 28.3. The number of thioether (sulfide) groups is 1. The number of carbonyl (C=O) groups excluding carboxylic acids is 2. The topological polar surface area (TPSA) is 92.6 Å². The Bertz CT molecular complexity index is 1550. The SMILES string of the molecule is COc1cccc(C2/C(=C(\O)c3cc(C)ccc3C)C(=O)C(=O)N2c2nnc(SCc3ccccc3)s2)c1. The Morgan fingerprint density at radius 2 is 1.82 bits per heavy atom. The number of carbonyl (C=O) groups is 2. The number of Topliss-reactive ketones (excluding diaryl/α,β-unsaturated/α-hetero) is 1. The fraction of sp³-hybridized carbons (Fsp3) is 0.172. The number of aromatic nitrogens is 2. The van der Waals surface area contributed by atoms with Gasteiger partial charge in [-0.3, -0.25) is 14.5 Å². The van der Waals surface area contributed by atoms with Gasteiger partial charge in [-0.25, -0.2) is 0 Å². The quantitative estimate of drug-likeness (QED) is 0.0992. The Labute approximate surface area is 228 Å². The van der Waals surface area contributed by atoms with Gasteiger partial charge in [0.05, 0.1) is 18.7 Å². The molecule has 7 nitrogen and oxygen atoms in total. The molecule has 3 aromatic carbocycles. The van der Waals surface area contributed by atoms with Crippen molar-refractivity contribution in [1.82, 2.24) is 10.2 Å². The Morgan fingerprint density at radius 1 is 1.03 bits per heavy atom. The minimum absolute atomic E-state index is 0.00522. The lowest BCUT2D eigenvalue weighted by Gasteiger charge is -2.23. The number of nitrogens with zero attached hydrogens (tertiary/aromatic N) is 3. The van der Waals surface area contributed by atoms with Gasteiger partial charge in [-0.05, 0) is 48.7 Å². The van der Waals surface area contributed by atoms with Gasteiger partial charge in [0.1, 0.15) is 11.5 Å². The van der Waals surface area contributed by atoms with Crippen molar-refractivity contribution in [2.75, 3.05) is 12.0 Å². The van der Waals surface area contributed by atoms with Gasteiger partial charge in [-0.2, -0.15) is 0 Å². The van der Waals surface area contributed by atoms with Crippen LogP contribution in [0.5, 0.6) is 5.75 Å². The normalized spacial score (nSPS) is 16.7. The summed E-state index contributed by atoms with van der Waals surface area (Å²) in [5.41, 5.74) is 3.98. The van der Waals surface area contributed by atoms with Crippen LogP contribution in [0.4, 0.5) is 5.13 Å². The predicted octanol–water partition coefficient (Wildman–Crippen LogP) is 6.08. The van der Waals surface area contributed by atoms with Crippen LogP contribution < -0.4 is 9.64 Å². The zero-order valence-corrected chi connectivity index (χ0v) is 22.7. The van der Waals surface area contributed by atoms with E-state index < -0.39 is 17.7 Å². The van der Waals surface area contributed by atoms with Crippen LogP contribution in [0.3, 0.4) is 0 Å². The summed E-state index contributed by atoms with van der Waals surface area (Å²) in [6, 6.07) is 21.8. The van der Waals surface area contributed by atoms with E-state index >= 15 is 0 Å². The molecule has 0 radical (unpaired) electrons. The monoisotopic (exact) mass is 543 g/mol. The molecule has 38 heavy (non-hydrogen) atoms. The number of aliphatic hydroxyl groups is 1. The van der Waals surface area contributed by atoms with Crippen molar-refractivity contribution in [1.29, 1.82) is 0 Å². The fourth-order valence-electron chi connectivity index (χ4n) is 4.37. The highest BCUT2D eigenvalue weighted by atomic mass is 32.2. The summed E-state index contributed by atoms with van der Waals surface area (Å²) in [5.74, 6) is -0.495. The standard InChI is InChI=1S/C29H25N3O4S2/c1-17-12-13-18(2)22(14-17)25(33)23-24(20-10-7-11-21(15-20)36-3)32(27(35)26(23)34)28-30-31-29(38-28)37-16-19-8-5-4-6-9-19/h4-15,24,33H,16H2,1-3H3/b25-23+. The maximum atomic E-state index is 13.5. The Kier molecular flexibility index (Phi) is 7.31. The third kappa shape index (κ3) is 4.94. The van der Waals surface area contributed by atoms with Gasteiger partial charge in [0, 0.05) is 11.3 Å². The van der Waals surface area contributed by atoms with Crippen LogP contribution in [0.1, 0.15) is 33.9 Å². The number of amides is 1. The first-order valence-electron chi connectivity index (χ1n) is 11.9. The van der Waals surface area contributed by atoms with Gasteiger partial charge in [0.2, 0.25) is 5.13 Å². The van der Waals surface area contributed by atoms with Crippen LogP contribution in [0, 0.1) is 13.8 Å². The largest absolute Gasteiger partial charge is 0.507 e. The van der Waals surface area contributed by atoms with E-state index in [9.17, 15) is 14.7 Å². The molecule has 192 valence electrons. The smallest absolute Gasteiger partial charge is 0.301 e. The summed E-state index contributed by atoms with van der Waals surface area (Å²) in [6.45, 7) is 3.76. The van der Waals surface area contributed by atoms with Gasteiger partial charge in [-0.1, -0.05) is 83.3 Å². The van der Waals surface area contributed by atoms with E-state index in [2.05, 4.69) is 10.2 Å². The highest BCUT2D eigenvalue weighted by Crippen LogP contribution is 2.44. The van der Waals surface area contributed by atoms with Gasteiger partial charge in [-0.15, -0.1) is 10.2 Å². The molecule has 1 aliphatic heterocycles. The summed E-state index contributed by atoms with van der Waals surface area (Å²) >= 11 is 2.74. The Balaban J connectivity index is 1.59. The molecular weight excluding hydrogens is 518 g/mol. The molecule has 1 amide bonds. The van der Waals surface area contributed by atoms with E-state index in [1.165, 1.54) is 28.0 Å². The van der Waals surface area contributed by atoms with Crippen molar-refractivity contribution >= 4 is 45.7 Å². The van der Waals surface area contributed by atoms with Gasteiger partial charge < -0.3 is 9.84 Å². The number of rotatable bonds is 7. The second-order valence-electron chi connectivity index (χ2n) is 8.89. The first kappa shape index (κ1) is 25.7. The van der Waals surface area contributed by atoms with Crippen LogP contribution in [0.15, 0.2) is 82.7 Å². The number of ketones is 1. The molecule has 1 saturated heterocycles. The summed E-state index contributed by atoms with van der Waals surface area (Å²) in [6.07, 6.45) is 0. The number of anilines is 1. The third-order valence-electron chi connectivity index (χ3n) is 6.31. The number of benzene rings is 3. The molecule has 0 saturated carbocycles. The van der Waals surface area contributed by atoms with E-state index in [0.717, 1.165) is 16.7 Å². The molecule has 0 bridgehead atoms. The molecular formula is C29H25N3O4S2. The van der Waals surface area contributed by atoms with Crippen LogP contribution in [0.2, 0.25) is 0 Å². The molecule has 0 spiro atoms. The molecule has 1 aliphatic rings. The number of methoxy groups -OCH3 is 1. The maximum Gasteiger partial charge on any atom is 0.301 e. The van der Waals surface area contributed by atoms with Crippen LogP contribution in [0.25, 0.3) is 5.76 Å². The van der Waals surface area contributed by atoms with E-state index in [-0.39, 0.29) is 16.5 Å². The molecule has 0 aliphatic carbocycles. The van der Waals surface area contributed by atoms with Crippen molar-refractivity contribution in [3.8, 4) is 5.75 Å². The minimum Gasteiger partial charge on any atom is -0.507 e. The second kappa shape index (κ2) is 10.8. The van der Waals surface area contributed by atoms with Crippen molar-refractivity contribution < 1.29 is 19.4 Å². The lowest BCUT2D eigenvalue weighted by Crippen LogP contribution is -2.29. The van der Waals surface area contributed by atoms with E-state index in [4.69, 9.17) is 4.74 Å². The fourth-order valence-corrected chi connectivity index (χ4v) is 6.19. The molecule has 1 N–H and O–H groups in total. The lowest BCUT2D eigenvalue weighted by atomic mass is 9.93. The first-order chi connectivity index (χ1) is 18.4. The molecule has 2 heterocycles. The number of aliphatic hydroxyl groups excluding tert-OH is 1. The van der Waals surface area contributed by atoms with E-state index in [1.54, 1.807) is 31.4 Å². The summed E-state index contributed by atoms with van der Waals surface area (Å²) < 4.78 is 6.08. The van der Waals surface area contributed by atoms with Crippen LogP contribution in [-0.4, -0.2) is 34.1 Å². The minimum atomic E-state index is -0.898. The number of hydrogen-bond donors (Lipinski definition) is 1. The van der Waals surface area contributed by atoms with E-state index in [0.29, 0.717) is 27.0 Å². The van der Waals surface area contributed by atoms with Crippen molar-refractivity contribution in [3.63, 3.8) is 0 Å². The average Bonchev–Trinajstić information content (AvgIpc) is 3.51. The molecule has 1 atom stereocenters. The molecule has 4 aromatic rings. The van der Waals surface area contributed by atoms with Gasteiger partial charge >= 0.3 is 5.91 Å². The maximum absolute atomic E-state index is 13.5. The number of hydrogen-bond acceptors (Lipinski definition) is 8. The molecule has 1 unspecified atom stereocenters. The zero-order chi connectivity index (χ0) is 26.8. The average molecular weight is 544 g/mol. The predicted molar refractivity (Wildman–Crippen MR) is 150 cm³/mol.